The molecule has 0 saturated heterocycles. The summed E-state index contributed by atoms with van der Waals surface area (Å²) in [4.78, 5) is 16.6. The summed E-state index contributed by atoms with van der Waals surface area (Å²) in [5.74, 6) is 0.874. The van der Waals surface area contributed by atoms with E-state index in [1.807, 2.05) is 41.8 Å². The summed E-state index contributed by atoms with van der Waals surface area (Å²) in [5.41, 5.74) is 7.89. The average Bonchev–Trinajstić information content (AvgIpc) is 3.01. The number of rotatable bonds is 4. The zero-order valence-electron chi connectivity index (χ0n) is 14.0. The third-order valence-corrected chi connectivity index (χ3v) is 3.98. The van der Waals surface area contributed by atoms with Crippen LogP contribution in [0.3, 0.4) is 0 Å². The lowest BCUT2D eigenvalue weighted by Crippen LogP contribution is -2.15. The van der Waals surface area contributed by atoms with Crippen molar-refractivity contribution < 1.29 is 4.39 Å². The second-order valence-corrected chi connectivity index (χ2v) is 5.81. The van der Waals surface area contributed by atoms with E-state index >= 15 is 0 Å². The maximum atomic E-state index is 13.8. The summed E-state index contributed by atoms with van der Waals surface area (Å²) < 4.78 is 15.8. The van der Waals surface area contributed by atoms with Gasteiger partial charge in [0.05, 0.1) is 17.1 Å². The molecule has 2 heterocycles. The van der Waals surface area contributed by atoms with Crippen LogP contribution in [0.4, 0.5) is 16.3 Å². The third-order valence-electron chi connectivity index (χ3n) is 3.98. The Morgan fingerprint density at radius 2 is 1.88 bits per heavy atom. The molecule has 3 N–H and O–H groups in total. The maximum Gasteiger partial charge on any atom is 0.228 e. The van der Waals surface area contributed by atoms with Gasteiger partial charge >= 0.3 is 0 Å². The van der Waals surface area contributed by atoms with E-state index in [0.717, 1.165) is 5.69 Å². The van der Waals surface area contributed by atoms with Crippen LogP contribution in [0.15, 0.2) is 54.9 Å². The van der Waals surface area contributed by atoms with Gasteiger partial charge in [0.1, 0.15) is 18.0 Å². The van der Waals surface area contributed by atoms with E-state index in [-0.39, 0.29) is 17.8 Å². The number of nitrogens with two attached hydrogens (primary N) is 1. The van der Waals surface area contributed by atoms with Crippen LogP contribution in [0, 0.1) is 5.82 Å². The van der Waals surface area contributed by atoms with Crippen LogP contribution < -0.4 is 11.1 Å². The molecular weight excluding hydrogens is 333 g/mol. The maximum absolute atomic E-state index is 13.8. The van der Waals surface area contributed by atoms with E-state index in [1.54, 1.807) is 6.07 Å². The number of benzene rings is 2. The molecule has 0 amide bonds. The Labute approximate surface area is 148 Å². The number of aromatic nitrogens is 5. The van der Waals surface area contributed by atoms with Gasteiger partial charge in [-0.25, -0.2) is 19.3 Å². The highest BCUT2D eigenvalue weighted by molar-refractivity contribution is 5.78. The standard InChI is InChI=1S/C18H16FN7/c1-11(23-18-22-10-21-17(20)25-18)16-24-14-8-7-12(19)9-15(14)26(16)13-5-3-2-4-6-13/h2-11H,1H3,(H3,20,21,22,23,25)/t11-/m0/s1. The van der Waals surface area contributed by atoms with Crippen LogP contribution in [0.5, 0.6) is 0 Å². The second kappa shape index (κ2) is 6.40. The van der Waals surface area contributed by atoms with E-state index in [2.05, 4.69) is 25.3 Å². The Bertz CT molecular complexity index is 1060. The molecule has 2 aromatic heterocycles. The average molecular weight is 349 g/mol. The number of nitrogens with zero attached hydrogens (tertiary/aromatic N) is 5. The molecule has 0 bridgehead atoms. The molecule has 0 unspecified atom stereocenters. The summed E-state index contributed by atoms with van der Waals surface area (Å²) in [6, 6.07) is 14.0. The van der Waals surface area contributed by atoms with Gasteiger partial charge in [0, 0.05) is 11.8 Å². The fourth-order valence-corrected chi connectivity index (χ4v) is 2.84. The monoisotopic (exact) mass is 349 g/mol. The van der Waals surface area contributed by atoms with E-state index in [0.29, 0.717) is 22.8 Å². The molecule has 0 aliphatic heterocycles. The van der Waals surface area contributed by atoms with Gasteiger partial charge in [0.2, 0.25) is 11.9 Å². The molecule has 0 aliphatic carbocycles. The minimum atomic E-state index is -0.313. The van der Waals surface area contributed by atoms with Crippen molar-refractivity contribution >= 4 is 22.9 Å². The van der Waals surface area contributed by atoms with Crippen molar-refractivity contribution in [2.45, 2.75) is 13.0 Å². The quantitative estimate of drug-likeness (QED) is 0.588. The summed E-state index contributed by atoms with van der Waals surface area (Å²) in [7, 11) is 0. The zero-order valence-corrected chi connectivity index (χ0v) is 14.0. The lowest BCUT2D eigenvalue weighted by atomic mass is 10.2. The third kappa shape index (κ3) is 2.92. The van der Waals surface area contributed by atoms with Gasteiger partial charge in [-0.15, -0.1) is 0 Å². The topological polar surface area (TPSA) is 94.5 Å². The summed E-state index contributed by atoms with van der Waals surface area (Å²) in [6.45, 7) is 1.93. The Morgan fingerprint density at radius 1 is 1.08 bits per heavy atom. The molecular formula is C18H16FN7. The number of para-hydroxylation sites is 1. The molecule has 0 radical (unpaired) electrons. The van der Waals surface area contributed by atoms with Crippen LogP contribution in [0.1, 0.15) is 18.8 Å². The van der Waals surface area contributed by atoms with Crippen LogP contribution in [-0.4, -0.2) is 24.5 Å². The number of nitrogens with one attached hydrogen (secondary N) is 1. The minimum absolute atomic E-state index is 0.133. The fraction of sp³-hybridized carbons (Fsp3) is 0.111. The van der Waals surface area contributed by atoms with Gasteiger partial charge in [-0.3, -0.25) is 4.57 Å². The molecule has 0 fully saturated rings. The van der Waals surface area contributed by atoms with Crippen molar-refractivity contribution in [2.75, 3.05) is 11.1 Å². The van der Waals surface area contributed by atoms with Crippen molar-refractivity contribution in [3.8, 4) is 5.69 Å². The lowest BCUT2D eigenvalue weighted by molar-refractivity contribution is 0.629. The SMILES string of the molecule is C[C@H](Nc1ncnc(N)n1)c1nc2ccc(F)cc2n1-c1ccccc1. The number of hydrogen-bond donors (Lipinski definition) is 2. The summed E-state index contributed by atoms with van der Waals surface area (Å²) >= 11 is 0. The first-order valence-corrected chi connectivity index (χ1v) is 8.06. The van der Waals surface area contributed by atoms with Gasteiger partial charge < -0.3 is 11.1 Å². The molecule has 1 atom stereocenters. The predicted octanol–water partition coefficient (Wildman–Crippen LogP) is 3.10. The number of fused-ring (bicyclic) bond motifs is 1. The number of nitrogen functional groups attached to an aromatic ring is 1. The predicted molar refractivity (Wildman–Crippen MR) is 97.3 cm³/mol. The Balaban J connectivity index is 1.83. The number of imidazole rings is 1. The highest BCUT2D eigenvalue weighted by Crippen LogP contribution is 2.27. The lowest BCUT2D eigenvalue weighted by Gasteiger charge is -2.16. The van der Waals surface area contributed by atoms with Gasteiger partial charge in [0.15, 0.2) is 0 Å². The van der Waals surface area contributed by atoms with E-state index in [4.69, 9.17) is 5.73 Å². The second-order valence-electron chi connectivity index (χ2n) is 5.81. The molecule has 7 nitrogen and oxygen atoms in total. The smallest absolute Gasteiger partial charge is 0.228 e. The molecule has 130 valence electrons. The van der Waals surface area contributed by atoms with E-state index in [1.165, 1.54) is 18.5 Å². The first-order valence-electron chi connectivity index (χ1n) is 8.06. The largest absolute Gasteiger partial charge is 0.368 e. The van der Waals surface area contributed by atoms with Crippen LogP contribution >= 0.6 is 0 Å². The van der Waals surface area contributed by atoms with Crippen molar-refractivity contribution in [1.29, 1.82) is 0 Å². The van der Waals surface area contributed by atoms with Crippen LogP contribution in [-0.2, 0) is 0 Å². The Hall–Kier alpha value is -3.55. The number of halogens is 1. The minimum Gasteiger partial charge on any atom is -0.368 e. The summed E-state index contributed by atoms with van der Waals surface area (Å²) in [6.07, 6.45) is 1.34. The molecule has 26 heavy (non-hydrogen) atoms. The highest BCUT2D eigenvalue weighted by atomic mass is 19.1. The van der Waals surface area contributed by atoms with Crippen molar-refractivity contribution in [2.24, 2.45) is 0 Å². The fourth-order valence-electron chi connectivity index (χ4n) is 2.84. The number of anilines is 2. The molecule has 4 aromatic rings. The molecule has 0 saturated carbocycles. The Morgan fingerprint density at radius 3 is 2.65 bits per heavy atom. The van der Waals surface area contributed by atoms with Crippen molar-refractivity contribution in [3.05, 3.63) is 66.5 Å². The van der Waals surface area contributed by atoms with Crippen molar-refractivity contribution in [3.63, 3.8) is 0 Å². The van der Waals surface area contributed by atoms with Gasteiger partial charge in [-0.05, 0) is 31.2 Å². The first kappa shape index (κ1) is 15.9. The summed E-state index contributed by atoms with van der Waals surface area (Å²) in [5, 5.41) is 3.17. The molecule has 4 rings (SSSR count). The zero-order chi connectivity index (χ0) is 18.1. The molecule has 8 heteroatoms. The number of hydrogen-bond acceptors (Lipinski definition) is 6. The van der Waals surface area contributed by atoms with Gasteiger partial charge in [0.25, 0.3) is 0 Å². The van der Waals surface area contributed by atoms with Gasteiger partial charge in [-0.2, -0.15) is 4.98 Å². The Kier molecular flexibility index (Phi) is 3.92. The normalized spacial score (nSPS) is 12.2. The molecule has 2 aromatic carbocycles. The molecule has 0 spiro atoms. The van der Waals surface area contributed by atoms with Crippen LogP contribution in [0.2, 0.25) is 0 Å². The van der Waals surface area contributed by atoms with Gasteiger partial charge in [-0.1, -0.05) is 18.2 Å². The molecule has 0 aliphatic rings. The van der Waals surface area contributed by atoms with Crippen LogP contribution in [0.25, 0.3) is 16.7 Å². The van der Waals surface area contributed by atoms with E-state index < -0.39 is 0 Å². The first-order chi connectivity index (χ1) is 12.6. The highest BCUT2D eigenvalue weighted by Gasteiger charge is 2.19. The van der Waals surface area contributed by atoms with Crippen molar-refractivity contribution in [1.82, 2.24) is 24.5 Å². The van der Waals surface area contributed by atoms with E-state index in [9.17, 15) is 4.39 Å².